The molecule has 0 radical (unpaired) electrons. The number of benzene rings is 1. The lowest BCUT2D eigenvalue weighted by Gasteiger charge is -2.28. The highest BCUT2D eigenvalue weighted by Gasteiger charge is 2.25. The SMILES string of the molecule is CCCCc1ccc(C(=O)N2CCCCCC2CO)cc1. The second-order valence-corrected chi connectivity index (χ2v) is 5.98. The van der Waals surface area contributed by atoms with Crippen LogP contribution >= 0.6 is 0 Å². The van der Waals surface area contributed by atoms with Crippen LogP contribution in [-0.4, -0.2) is 35.1 Å². The first-order valence-electron chi connectivity index (χ1n) is 8.27. The van der Waals surface area contributed by atoms with E-state index in [1.54, 1.807) is 0 Å². The molecule has 2 rings (SSSR count). The Morgan fingerprint density at radius 2 is 2.00 bits per heavy atom. The number of carbonyl (C=O) groups is 1. The summed E-state index contributed by atoms with van der Waals surface area (Å²) in [6.45, 7) is 3.02. The van der Waals surface area contributed by atoms with Crippen molar-refractivity contribution in [2.45, 2.75) is 57.9 Å². The largest absolute Gasteiger partial charge is 0.394 e. The standard InChI is InChI=1S/C18H27NO2/c1-2-3-7-15-9-11-16(12-10-15)18(21)19-13-6-4-5-8-17(19)14-20/h9-12,17,20H,2-8,13-14H2,1H3. The summed E-state index contributed by atoms with van der Waals surface area (Å²) in [5, 5.41) is 9.53. The van der Waals surface area contributed by atoms with Crippen LogP contribution in [0.15, 0.2) is 24.3 Å². The van der Waals surface area contributed by atoms with Crippen LogP contribution in [0.3, 0.4) is 0 Å². The molecule has 0 spiro atoms. The van der Waals surface area contributed by atoms with Crippen molar-refractivity contribution in [3.63, 3.8) is 0 Å². The second-order valence-electron chi connectivity index (χ2n) is 5.98. The highest BCUT2D eigenvalue weighted by molar-refractivity contribution is 5.94. The monoisotopic (exact) mass is 289 g/mol. The van der Waals surface area contributed by atoms with E-state index in [1.165, 1.54) is 18.4 Å². The summed E-state index contributed by atoms with van der Waals surface area (Å²) in [4.78, 5) is 14.5. The van der Waals surface area contributed by atoms with Crippen molar-refractivity contribution >= 4 is 5.91 Å². The first-order valence-corrected chi connectivity index (χ1v) is 8.27. The number of hydrogen-bond acceptors (Lipinski definition) is 2. The maximum absolute atomic E-state index is 12.7. The van der Waals surface area contributed by atoms with E-state index in [1.807, 2.05) is 17.0 Å². The maximum Gasteiger partial charge on any atom is 0.254 e. The molecule has 1 aromatic rings. The first-order chi connectivity index (χ1) is 10.3. The summed E-state index contributed by atoms with van der Waals surface area (Å²) in [7, 11) is 0. The third-order valence-electron chi connectivity index (χ3n) is 4.37. The minimum absolute atomic E-state index is 0.0141. The number of aliphatic hydroxyl groups is 1. The summed E-state index contributed by atoms with van der Waals surface area (Å²) in [6.07, 6.45) is 7.65. The Morgan fingerprint density at radius 1 is 1.24 bits per heavy atom. The third kappa shape index (κ3) is 4.31. The predicted molar refractivity (Wildman–Crippen MR) is 85.4 cm³/mol. The van der Waals surface area contributed by atoms with E-state index in [0.717, 1.165) is 44.2 Å². The van der Waals surface area contributed by atoms with Crippen LogP contribution in [0.25, 0.3) is 0 Å². The van der Waals surface area contributed by atoms with E-state index < -0.39 is 0 Å². The first kappa shape index (κ1) is 16.0. The molecular formula is C18H27NO2. The van der Waals surface area contributed by atoms with E-state index in [4.69, 9.17) is 0 Å². The highest BCUT2D eigenvalue weighted by atomic mass is 16.3. The third-order valence-corrected chi connectivity index (χ3v) is 4.37. The summed E-state index contributed by atoms with van der Waals surface area (Å²) in [6, 6.07) is 7.99. The molecule has 0 bridgehead atoms. The molecule has 1 unspecified atom stereocenters. The normalized spacial score (nSPS) is 19.3. The van der Waals surface area contributed by atoms with Gasteiger partial charge in [-0.15, -0.1) is 0 Å². The molecule has 1 N–H and O–H groups in total. The molecule has 1 fully saturated rings. The fourth-order valence-corrected chi connectivity index (χ4v) is 3.00. The Bertz CT molecular complexity index is 441. The Kier molecular flexibility index (Phi) is 6.24. The van der Waals surface area contributed by atoms with Crippen molar-refractivity contribution in [3.05, 3.63) is 35.4 Å². The van der Waals surface area contributed by atoms with Crippen molar-refractivity contribution in [1.29, 1.82) is 0 Å². The van der Waals surface area contributed by atoms with Gasteiger partial charge in [-0.1, -0.05) is 38.3 Å². The zero-order chi connectivity index (χ0) is 15.1. The van der Waals surface area contributed by atoms with Crippen LogP contribution in [0.1, 0.15) is 61.4 Å². The molecule has 3 nitrogen and oxygen atoms in total. The molecule has 116 valence electrons. The fourth-order valence-electron chi connectivity index (χ4n) is 3.00. The van der Waals surface area contributed by atoms with E-state index in [-0.39, 0.29) is 18.6 Å². The fraction of sp³-hybridized carbons (Fsp3) is 0.611. The number of hydrogen-bond donors (Lipinski definition) is 1. The number of aliphatic hydroxyl groups excluding tert-OH is 1. The van der Waals surface area contributed by atoms with Gasteiger partial charge in [0, 0.05) is 12.1 Å². The molecule has 1 saturated heterocycles. The zero-order valence-corrected chi connectivity index (χ0v) is 13.1. The van der Waals surface area contributed by atoms with Crippen LogP contribution in [0.4, 0.5) is 0 Å². The number of unbranched alkanes of at least 4 members (excludes halogenated alkanes) is 1. The van der Waals surface area contributed by atoms with Gasteiger partial charge in [-0.2, -0.15) is 0 Å². The molecule has 0 aromatic heterocycles. The molecule has 1 atom stereocenters. The highest BCUT2D eigenvalue weighted by Crippen LogP contribution is 2.19. The van der Waals surface area contributed by atoms with Crippen molar-refractivity contribution in [2.24, 2.45) is 0 Å². The van der Waals surface area contributed by atoms with Crippen molar-refractivity contribution < 1.29 is 9.90 Å². The quantitative estimate of drug-likeness (QED) is 0.902. The van der Waals surface area contributed by atoms with E-state index in [9.17, 15) is 9.90 Å². The number of rotatable bonds is 5. The molecule has 3 heteroatoms. The lowest BCUT2D eigenvalue weighted by molar-refractivity contribution is 0.0600. The van der Waals surface area contributed by atoms with Crippen LogP contribution in [-0.2, 0) is 6.42 Å². The Balaban J connectivity index is 2.06. The van der Waals surface area contributed by atoms with Gasteiger partial charge in [-0.25, -0.2) is 0 Å². The Labute approximate surface area is 128 Å². The second kappa shape index (κ2) is 8.18. The number of carbonyl (C=O) groups excluding carboxylic acids is 1. The van der Waals surface area contributed by atoms with Gasteiger partial charge < -0.3 is 10.0 Å². The summed E-state index contributed by atoms with van der Waals surface area (Å²) < 4.78 is 0. The molecular weight excluding hydrogens is 262 g/mol. The van der Waals surface area contributed by atoms with Gasteiger partial charge in [0.2, 0.25) is 0 Å². The van der Waals surface area contributed by atoms with E-state index >= 15 is 0 Å². The molecule has 0 aliphatic carbocycles. The molecule has 1 aromatic carbocycles. The topological polar surface area (TPSA) is 40.5 Å². The molecule has 1 aliphatic heterocycles. The van der Waals surface area contributed by atoms with Crippen LogP contribution in [0.2, 0.25) is 0 Å². The van der Waals surface area contributed by atoms with E-state index in [2.05, 4.69) is 19.1 Å². The van der Waals surface area contributed by atoms with Crippen LogP contribution in [0.5, 0.6) is 0 Å². The van der Waals surface area contributed by atoms with Gasteiger partial charge in [0.25, 0.3) is 5.91 Å². The van der Waals surface area contributed by atoms with Crippen molar-refractivity contribution in [1.82, 2.24) is 4.90 Å². The van der Waals surface area contributed by atoms with Gasteiger partial charge in [0.05, 0.1) is 12.6 Å². The number of likely N-dealkylation sites (tertiary alicyclic amines) is 1. The lowest BCUT2D eigenvalue weighted by Crippen LogP contribution is -2.42. The van der Waals surface area contributed by atoms with Crippen LogP contribution in [0, 0.1) is 0 Å². The zero-order valence-electron chi connectivity index (χ0n) is 13.1. The molecule has 1 amide bonds. The minimum Gasteiger partial charge on any atom is -0.394 e. The smallest absolute Gasteiger partial charge is 0.254 e. The maximum atomic E-state index is 12.7. The van der Waals surface area contributed by atoms with Crippen LogP contribution < -0.4 is 0 Å². The molecule has 0 saturated carbocycles. The predicted octanol–water partition coefficient (Wildman–Crippen LogP) is 3.41. The molecule has 1 aliphatic rings. The molecule has 21 heavy (non-hydrogen) atoms. The number of amides is 1. The van der Waals surface area contributed by atoms with E-state index in [0.29, 0.717) is 0 Å². The summed E-state index contributed by atoms with van der Waals surface area (Å²) in [5.41, 5.74) is 2.04. The van der Waals surface area contributed by atoms with Gasteiger partial charge in [-0.05, 0) is 43.4 Å². The van der Waals surface area contributed by atoms with Gasteiger partial charge >= 0.3 is 0 Å². The van der Waals surface area contributed by atoms with Gasteiger partial charge in [0.15, 0.2) is 0 Å². The number of aryl methyl sites for hydroxylation is 1. The summed E-state index contributed by atoms with van der Waals surface area (Å²) in [5.74, 6) is 0.0676. The van der Waals surface area contributed by atoms with Gasteiger partial charge in [-0.3, -0.25) is 4.79 Å². The Hall–Kier alpha value is -1.35. The van der Waals surface area contributed by atoms with Gasteiger partial charge in [0.1, 0.15) is 0 Å². The molecule has 1 heterocycles. The van der Waals surface area contributed by atoms with Crippen molar-refractivity contribution in [2.75, 3.05) is 13.2 Å². The summed E-state index contributed by atoms with van der Waals surface area (Å²) >= 11 is 0. The Morgan fingerprint density at radius 3 is 2.67 bits per heavy atom. The van der Waals surface area contributed by atoms with Crippen molar-refractivity contribution in [3.8, 4) is 0 Å². The minimum atomic E-state index is -0.0141. The average molecular weight is 289 g/mol. The lowest BCUT2D eigenvalue weighted by atomic mass is 10.0. The number of nitrogens with zero attached hydrogens (tertiary/aromatic N) is 1. The average Bonchev–Trinajstić information content (AvgIpc) is 2.78.